The van der Waals surface area contributed by atoms with Crippen LogP contribution < -0.4 is 4.74 Å². The molecule has 1 aromatic rings. The van der Waals surface area contributed by atoms with E-state index in [1.807, 2.05) is 24.1 Å². The Bertz CT molecular complexity index is 512. The van der Waals surface area contributed by atoms with Gasteiger partial charge in [-0.05, 0) is 30.2 Å². The summed E-state index contributed by atoms with van der Waals surface area (Å²) in [6.07, 6.45) is 0.802. The molecule has 1 aliphatic heterocycles. The Morgan fingerprint density at radius 3 is 2.48 bits per heavy atom. The van der Waals surface area contributed by atoms with Crippen molar-refractivity contribution in [3.8, 4) is 5.75 Å². The second-order valence-corrected chi connectivity index (χ2v) is 6.47. The van der Waals surface area contributed by atoms with Crippen molar-refractivity contribution in [3.05, 3.63) is 29.8 Å². The number of nitrogens with zero attached hydrogens (tertiary/aromatic N) is 2. The molecule has 5 nitrogen and oxygen atoms in total. The molecule has 1 heterocycles. The minimum Gasteiger partial charge on any atom is -0.497 e. The zero-order valence-electron chi connectivity index (χ0n) is 14.5. The van der Waals surface area contributed by atoms with E-state index in [1.165, 1.54) is 0 Å². The molecule has 0 saturated carbocycles. The molecule has 0 unspecified atom stereocenters. The lowest BCUT2D eigenvalue weighted by Gasteiger charge is -2.42. The lowest BCUT2D eigenvalue weighted by atomic mass is 9.95. The van der Waals surface area contributed by atoms with Crippen molar-refractivity contribution in [1.82, 2.24) is 9.80 Å². The van der Waals surface area contributed by atoms with E-state index in [9.17, 15) is 9.90 Å². The van der Waals surface area contributed by atoms with Crippen molar-refractivity contribution in [2.75, 3.05) is 33.8 Å². The fourth-order valence-electron chi connectivity index (χ4n) is 3.00. The fourth-order valence-corrected chi connectivity index (χ4v) is 3.00. The van der Waals surface area contributed by atoms with Crippen molar-refractivity contribution in [1.29, 1.82) is 0 Å². The average Bonchev–Trinajstić information content (AvgIpc) is 2.55. The summed E-state index contributed by atoms with van der Waals surface area (Å²) in [6, 6.07) is 7.37. The summed E-state index contributed by atoms with van der Waals surface area (Å²) in [4.78, 5) is 16.8. The van der Waals surface area contributed by atoms with Gasteiger partial charge in [0, 0.05) is 38.3 Å². The summed E-state index contributed by atoms with van der Waals surface area (Å²) < 4.78 is 5.14. The second kappa shape index (κ2) is 7.79. The highest BCUT2D eigenvalue weighted by molar-refractivity contribution is 5.94. The summed E-state index contributed by atoms with van der Waals surface area (Å²) in [5.41, 5.74) is 0.672. The first-order valence-electron chi connectivity index (χ1n) is 8.27. The molecular formula is C18H28N2O3. The number of amides is 1. The zero-order valence-corrected chi connectivity index (χ0v) is 14.5. The number of ether oxygens (including phenoxy) is 1. The van der Waals surface area contributed by atoms with Crippen LogP contribution in [-0.2, 0) is 0 Å². The standard InChI is InChI=1S/C18H28N2O3/c1-5-13(2)17(12-20-10-15(21)11-20)19(3)18(22)14-6-8-16(23-4)9-7-14/h6-9,13,15,17,21H,5,10-12H2,1-4H3/t13-,17+/m0/s1. The molecule has 5 heteroatoms. The monoisotopic (exact) mass is 320 g/mol. The Balaban J connectivity index is 2.07. The van der Waals surface area contributed by atoms with Crippen LogP contribution >= 0.6 is 0 Å². The average molecular weight is 320 g/mol. The molecule has 1 saturated heterocycles. The van der Waals surface area contributed by atoms with Crippen LogP contribution in [0.25, 0.3) is 0 Å². The Morgan fingerprint density at radius 1 is 1.39 bits per heavy atom. The molecule has 2 atom stereocenters. The van der Waals surface area contributed by atoms with Gasteiger partial charge in [0.05, 0.1) is 13.2 Å². The molecule has 128 valence electrons. The maximum Gasteiger partial charge on any atom is 0.253 e. The van der Waals surface area contributed by atoms with Crippen LogP contribution in [0.5, 0.6) is 5.75 Å². The smallest absolute Gasteiger partial charge is 0.253 e. The molecule has 1 fully saturated rings. The largest absolute Gasteiger partial charge is 0.497 e. The third kappa shape index (κ3) is 4.24. The number of β-amino-alcohol motifs (C(OH)–C–C–N with tert-alkyl or cyclic N) is 1. The maximum absolute atomic E-state index is 12.8. The van der Waals surface area contributed by atoms with Crippen LogP contribution in [0.2, 0.25) is 0 Å². The summed E-state index contributed by atoms with van der Waals surface area (Å²) in [5, 5.41) is 9.47. The summed E-state index contributed by atoms with van der Waals surface area (Å²) in [5.74, 6) is 1.18. The highest BCUT2D eigenvalue weighted by Gasteiger charge is 2.32. The fraction of sp³-hybridized carbons (Fsp3) is 0.611. The van der Waals surface area contributed by atoms with E-state index >= 15 is 0 Å². The lowest BCUT2D eigenvalue weighted by Crippen LogP contribution is -2.57. The van der Waals surface area contributed by atoms with E-state index in [0.717, 1.165) is 18.7 Å². The number of aliphatic hydroxyl groups is 1. The van der Waals surface area contributed by atoms with Gasteiger partial charge in [-0.25, -0.2) is 0 Å². The van der Waals surface area contributed by atoms with E-state index in [4.69, 9.17) is 4.74 Å². The Kier molecular flexibility index (Phi) is 6.02. The molecule has 0 bridgehead atoms. The molecule has 23 heavy (non-hydrogen) atoms. The predicted molar refractivity (Wildman–Crippen MR) is 90.8 cm³/mol. The Hall–Kier alpha value is -1.59. The number of hydrogen-bond donors (Lipinski definition) is 1. The van der Waals surface area contributed by atoms with E-state index in [1.54, 1.807) is 19.2 Å². The van der Waals surface area contributed by atoms with Crippen LogP contribution in [-0.4, -0.2) is 66.8 Å². The van der Waals surface area contributed by atoms with Crippen LogP contribution in [0.3, 0.4) is 0 Å². The van der Waals surface area contributed by atoms with Crippen molar-refractivity contribution < 1.29 is 14.6 Å². The van der Waals surface area contributed by atoms with Crippen LogP contribution in [0, 0.1) is 5.92 Å². The minimum absolute atomic E-state index is 0.0269. The van der Waals surface area contributed by atoms with Gasteiger partial charge < -0.3 is 14.7 Å². The molecule has 1 aliphatic rings. The number of carbonyl (C=O) groups is 1. The minimum atomic E-state index is -0.213. The number of likely N-dealkylation sites (tertiary alicyclic amines) is 1. The summed E-state index contributed by atoms with van der Waals surface area (Å²) in [6.45, 7) is 6.55. The maximum atomic E-state index is 12.8. The summed E-state index contributed by atoms with van der Waals surface area (Å²) in [7, 11) is 3.49. The predicted octanol–water partition coefficient (Wildman–Crippen LogP) is 1.86. The molecule has 1 aromatic carbocycles. The van der Waals surface area contributed by atoms with Gasteiger partial charge in [0.2, 0.25) is 0 Å². The van der Waals surface area contributed by atoms with Gasteiger partial charge in [-0.3, -0.25) is 9.69 Å². The van der Waals surface area contributed by atoms with Crippen LogP contribution in [0.4, 0.5) is 0 Å². The van der Waals surface area contributed by atoms with Gasteiger partial charge in [-0.1, -0.05) is 20.3 Å². The van der Waals surface area contributed by atoms with E-state index in [0.29, 0.717) is 24.6 Å². The van der Waals surface area contributed by atoms with Crippen molar-refractivity contribution in [3.63, 3.8) is 0 Å². The Labute approximate surface area is 138 Å². The van der Waals surface area contributed by atoms with Gasteiger partial charge in [-0.15, -0.1) is 0 Å². The number of benzene rings is 1. The number of aliphatic hydroxyl groups excluding tert-OH is 1. The highest BCUT2D eigenvalue weighted by Crippen LogP contribution is 2.21. The number of methoxy groups -OCH3 is 1. The number of carbonyl (C=O) groups excluding carboxylic acids is 1. The van der Waals surface area contributed by atoms with Crippen molar-refractivity contribution >= 4 is 5.91 Å². The first-order valence-corrected chi connectivity index (χ1v) is 8.27. The van der Waals surface area contributed by atoms with Crippen molar-refractivity contribution in [2.45, 2.75) is 32.4 Å². The van der Waals surface area contributed by atoms with Gasteiger partial charge in [0.15, 0.2) is 0 Å². The molecule has 0 radical (unpaired) electrons. The topological polar surface area (TPSA) is 53.0 Å². The summed E-state index contributed by atoms with van der Waals surface area (Å²) >= 11 is 0. The quantitative estimate of drug-likeness (QED) is 0.833. The number of rotatable bonds is 7. The molecule has 1 N–H and O–H groups in total. The second-order valence-electron chi connectivity index (χ2n) is 6.47. The first-order chi connectivity index (χ1) is 11.0. The highest BCUT2D eigenvalue weighted by atomic mass is 16.5. The molecular weight excluding hydrogens is 292 g/mol. The normalized spacial score (nSPS) is 18.1. The number of hydrogen-bond acceptors (Lipinski definition) is 4. The molecule has 2 rings (SSSR count). The SMILES string of the molecule is CC[C@H](C)[C@@H](CN1CC(O)C1)N(C)C(=O)c1ccc(OC)cc1. The molecule has 1 amide bonds. The van der Waals surface area contributed by atoms with Gasteiger partial charge >= 0.3 is 0 Å². The van der Waals surface area contributed by atoms with E-state index in [-0.39, 0.29) is 18.1 Å². The van der Waals surface area contributed by atoms with E-state index < -0.39 is 0 Å². The lowest BCUT2D eigenvalue weighted by molar-refractivity contribution is -0.0162. The Morgan fingerprint density at radius 2 is 2.00 bits per heavy atom. The third-order valence-electron chi connectivity index (χ3n) is 4.84. The van der Waals surface area contributed by atoms with Gasteiger partial charge in [0.25, 0.3) is 5.91 Å². The van der Waals surface area contributed by atoms with E-state index in [2.05, 4.69) is 18.7 Å². The van der Waals surface area contributed by atoms with Gasteiger partial charge in [-0.2, -0.15) is 0 Å². The van der Waals surface area contributed by atoms with Crippen LogP contribution in [0.1, 0.15) is 30.6 Å². The van der Waals surface area contributed by atoms with Crippen molar-refractivity contribution in [2.24, 2.45) is 5.92 Å². The third-order valence-corrected chi connectivity index (χ3v) is 4.84. The zero-order chi connectivity index (χ0) is 17.0. The molecule has 0 aromatic heterocycles. The van der Waals surface area contributed by atoms with Crippen LogP contribution in [0.15, 0.2) is 24.3 Å². The molecule has 0 aliphatic carbocycles. The molecule has 0 spiro atoms. The number of likely N-dealkylation sites (N-methyl/N-ethyl adjacent to an activating group) is 1. The first kappa shape index (κ1) is 17.8. The van der Waals surface area contributed by atoms with Gasteiger partial charge in [0.1, 0.15) is 5.75 Å².